The van der Waals surface area contributed by atoms with Gasteiger partial charge in [-0.25, -0.2) is 0 Å². The molecule has 2 heterocycles. The van der Waals surface area contributed by atoms with Crippen LogP contribution in [0.3, 0.4) is 0 Å². The van der Waals surface area contributed by atoms with Gasteiger partial charge in [0.25, 0.3) is 0 Å². The highest BCUT2D eigenvalue weighted by Crippen LogP contribution is 2.24. The zero-order chi connectivity index (χ0) is 13.1. The normalized spacial score (nSPS) is 16.7. The molecule has 100 valence electrons. The Morgan fingerprint density at radius 2 is 2.05 bits per heavy atom. The summed E-state index contributed by atoms with van der Waals surface area (Å²) in [6.45, 7) is 2.07. The van der Waals surface area contributed by atoms with Gasteiger partial charge in [-0.2, -0.15) is 4.98 Å². The van der Waals surface area contributed by atoms with Crippen LogP contribution in [-0.4, -0.2) is 23.2 Å². The van der Waals surface area contributed by atoms with E-state index in [2.05, 4.69) is 37.5 Å². The van der Waals surface area contributed by atoms with Crippen LogP contribution in [0.1, 0.15) is 36.0 Å². The molecule has 0 bridgehead atoms. The summed E-state index contributed by atoms with van der Waals surface area (Å²) in [6.07, 6.45) is 2.86. The molecule has 0 unspecified atom stereocenters. The van der Waals surface area contributed by atoms with E-state index >= 15 is 0 Å². The molecule has 0 spiro atoms. The zero-order valence-corrected chi connectivity index (χ0v) is 12.2. The second-order valence-electron chi connectivity index (χ2n) is 4.84. The zero-order valence-electron chi connectivity index (χ0n) is 10.6. The molecular weight excluding hydrogens is 306 g/mol. The number of hydrogen-bond acceptors (Lipinski definition) is 4. The lowest BCUT2D eigenvalue weighted by atomic mass is 9.98. The molecule has 4 nitrogen and oxygen atoms in total. The van der Waals surface area contributed by atoms with Crippen LogP contribution in [0.5, 0.6) is 0 Å². The van der Waals surface area contributed by atoms with Crippen molar-refractivity contribution < 1.29 is 4.52 Å². The molecule has 0 atom stereocenters. The predicted octanol–water partition coefficient (Wildman–Crippen LogP) is 2.89. The first kappa shape index (κ1) is 12.8. The van der Waals surface area contributed by atoms with Crippen LogP contribution in [0.15, 0.2) is 33.3 Å². The Hall–Kier alpha value is -1.20. The summed E-state index contributed by atoms with van der Waals surface area (Å²) in [5, 5.41) is 7.44. The van der Waals surface area contributed by atoms with Crippen molar-refractivity contribution >= 4 is 15.9 Å². The minimum Gasteiger partial charge on any atom is -0.339 e. The van der Waals surface area contributed by atoms with E-state index in [0.717, 1.165) is 42.1 Å². The van der Waals surface area contributed by atoms with Crippen LogP contribution in [-0.2, 0) is 6.42 Å². The fourth-order valence-electron chi connectivity index (χ4n) is 2.39. The first-order chi connectivity index (χ1) is 9.33. The van der Waals surface area contributed by atoms with Crippen LogP contribution in [0, 0.1) is 0 Å². The molecule has 1 aromatic heterocycles. The molecule has 0 amide bonds. The highest BCUT2D eigenvalue weighted by Gasteiger charge is 2.21. The Kier molecular flexibility index (Phi) is 3.94. The second-order valence-corrected chi connectivity index (χ2v) is 5.70. The third kappa shape index (κ3) is 3.04. The Labute approximate surface area is 120 Å². The average molecular weight is 322 g/mol. The molecule has 5 heteroatoms. The molecule has 1 saturated heterocycles. The van der Waals surface area contributed by atoms with Crippen molar-refractivity contribution in [2.45, 2.75) is 25.2 Å². The van der Waals surface area contributed by atoms with Crippen molar-refractivity contribution in [3.8, 4) is 0 Å². The van der Waals surface area contributed by atoms with Gasteiger partial charge < -0.3 is 9.84 Å². The van der Waals surface area contributed by atoms with Gasteiger partial charge in [-0.3, -0.25) is 0 Å². The second kappa shape index (κ2) is 5.84. The van der Waals surface area contributed by atoms with E-state index in [1.165, 1.54) is 5.56 Å². The van der Waals surface area contributed by atoms with Gasteiger partial charge in [0.1, 0.15) is 0 Å². The summed E-state index contributed by atoms with van der Waals surface area (Å²) in [5.41, 5.74) is 1.18. The summed E-state index contributed by atoms with van der Waals surface area (Å²) in [6, 6.07) is 8.13. The van der Waals surface area contributed by atoms with E-state index in [4.69, 9.17) is 4.52 Å². The van der Waals surface area contributed by atoms with Crippen molar-refractivity contribution in [3.05, 3.63) is 46.0 Å². The first-order valence-electron chi connectivity index (χ1n) is 6.59. The molecule has 0 radical (unpaired) electrons. The van der Waals surface area contributed by atoms with Crippen LogP contribution in [0.4, 0.5) is 0 Å². The van der Waals surface area contributed by atoms with Gasteiger partial charge in [-0.1, -0.05) is 39.3 Å². The lowest BCUT2D eigenvalue weighted by Crippen LogP contribution is -2.26. The largest absolute Gasteiger partial charge is 0.339 e. The van der Waals surface area contributed by atoms with E-state index in [1.54, 1.807) is 0 Å². The van der Waals surface area contributed by atoms with Crippen molar-refractivity contribution in [1.29, 1.82) is 0 Å². The summed E-state index contributed by atoms with van der Waals surface area (Å²) >= 11 is 3.54. The van der Waals surface area contributed by atoms with Gasteiger partial charge in [-0.15, -0.1) is 0 Å². The van der Waals surface area contributed by atoms with Crippen molar-refractivity contribution in [1.82, 2.24) is 15.5 Å². The lowest BCUT2D eigenvalue weighted by molar-refractivity contribution is 0.318. The van der Waals surface area contributed by atoms with Crippen LogP contribution in [0.2, 0.25) is 0 Å². The molecule has 19 heavy (non-hydrogen) atoms. The maximum atomic E-state index is 5.41. The van der Waals surface area contributed by atoms with E-state index < -0.39 is 0 Å². The Balaban J connectivity index is 1.73. The van der Waals surface area contributed by atoms with Crippen molar-refractivity contribution in [2.75, 3.05) is 13.1 Å². The maximum Gasteiger partial charge on any atom is 0.229 e. The van der Waals surface area contributed by atoms with Crippen LogP contribution < -0.4 is 5.32 Å². The Morgan fingerprint density at radius 3 is 2.84 bits per heavy atom. The van der Waals surface area contributed by atoms with Crippen LogP contribution >= 0.6 is 15.9 Å². The van der Waals surface area contributed by atoms with E-state index in [9.17, 15) is 0 Å². The van der Waals surface area contributed by atoms with Gasteiger partial charge in [0.15, 0.2) is 5.82 Å². The number of halogens is 1. The standard InChI is InChI=1S/C14H16BrN3O/c15-12-4-2-1-3-11(12)9-13-17-14(19-18-13)10-5-7-16-8-6-10/h1-4,10,16H,5-9H2. The number of piperidine rings is 1. The minimum absolute atomic E-state index is 0.418. The number of nitrogens with zero attached hydrogens (tertiary/aromatic N) is 2. The number of rotatable bonds is 3. The van der Waals surface area contributed by atoms with Crippen LogP contribution in [0.25, 0.3) is 0 Å². The monoisotopic (exact) mass is 321 g/mol. The molecule has 0 aliphatic carbocycles. The number of hydrogen-bond donors (Lipinski definition) is 1. The minimum atomic E-state index is 0.418. The highest BCUT2D eigenvalue weighted by molar-refractivity contribution is 9.10. The third-order valence-corrected chi connectivity index (χ3v) is 4.25. The molecule has 0 saturated carbocycles. The van der Waals surface area contributed by atoms with E-state index in [1.807, 2.05) is 18.2 Å². The number of nitrogens with one attached hydrogen (secondary N) is 1. The SMILES string of the molecule is Brc1ccccc1Cc1noc(C2CCNCC2)n1. The topological polar surface area (TPSA) is 51.0 Å². The van der Waals surface area contributed by atoms with Gasteiger partial charge in [0.05, 0.1) is 0 Å². The summed E-state index contributed by atoms with van der Waals surface area (Å²) < 4.78 is 6.50. The van der Waals surface area contributed by atoms with Crippen molar-refractivity contribution in [2.24, 2.45) is 0 Å². The molecule has 1 aliphatic rings. The number of aromatic nitrogens is 2. The Bertz CT molecular complexity index is 549. The molecule has 2 aromatic rings. The molecule has 1 fully saturated rings. The van der Waals surface area contributed by atoms with Gasteiger partial charge in [0.2, 0.25) is 5.89 Å². The van der Waals surface area contributed by atoms with E-state index in [0.29, 0.717) is 12.3 Å². The molecule has 1 aromatic carbocycles. The summed E-state index contributed by atoms with van der Waals surface area (Å²) in [7, 11) is 0. The summed E-state index contributed by atoms with van der Waals surface area (Å²) in [5.74, 6) is 1.98. The molecule has 1 N–H and O–H groups in total. The van der Waals surface area contributed by atoms with E-state index in [-0.39, 0.29) is 0 Å². The smallest absolute Gasteiger partial charge is 0.229 e. The molecule has 3 rings (SSSR count). The fraction of sp³-hybridized carbons (Fsp3) is 0.429. The van der Waals surface area contributed by atoms with Gasteiger partial charge in [0, 0.05) is 16.8 Å². The lowest BCUT2D eigenvalue weighted by Gasteiger charge is -2.18. The van der Waals surface area contributed by atoms with Crippen molar-refractivity contribution in [3.63, 3.8) is 0 Å². The maximum absolute atomic E-state index is 5.41. The summed E-state index contributed by atoms with van der Waals surface area (Å²) in [4.78, 5) is 4.54. The average Bonchev–Trinajstić information content (AvgIpc) is 2.91. The predicted molar refractivity (Wildman–Crippen MR) is 76.1 cm³/mol. The number of benzene rings is 1. The Morgan fingerprint density at radius 1 is 1.26 bits per heavy atom. The van der Waals surface area contributed by atoms with Gasteiger partial charge in [-0.05, 0) is 37.6 Å². The fourth-order valence-corrected chi connectivity index (χ4v) is 2.81. The first-order valence-corrected chi connectivity index (χ1v) is 7.39. The molecule has 1 aliphatic heterocycles. The molecular formula is C14H16BrN3O. The van der Waals surface area contributed by atoms with Gasteiger partial charge >= 0.3 is 0 Å². The third-order valence-electron chi connectivity index (χ3n) is 3.48. The quantitative estimate of drug-likeness (QED) is 0.944. The highest BCUT2D eigenvalue weighted by atomic mass is 79.9.